The summed E-state index contributed by atoms with van der Waals surface area (Å²) < 4.78 is 19.4. The van der Waals surface area contributed by atoms with Gasteiger partial charge >= 0.3 is 0 Å². The predicted molar refractivity (Wildman–Crippen MR) is 575 cm³/mol. The molecule has 0 aliphatic carbocycles. The van der Waals surface area contributed by atoms with Crippen molar-refractivity contribution in [2.75, 3.05) is 0 Å². The molecule has 0 unspecified atom stereocenters. The van der Waals surface area contributed by atoms with Crippen LogP contribution in [0.2, 0.25) is 0 Å². The van der Waals surface area contributed by atoms with Crippen LogP contribution in [0.3, 0.4) is 0 Å². The zero-order valence-corrected chi connectivity index (χ0v) is 76.0. The highest BCUT2D eigenvalue weighted by Gasteiger charge is 2.26. The Balaban J connectivity index is 0.0000000965. The van der Waals surface area contributed by atoms with E-state index in [-0.39, 0.29) is 0 Å². The van der Waals surface area contributed by atoms with Gasteiger partial charge in [0.05, 0.1) is 107 Å². The van der Waals surface area contributed by atoms with Crippen molar-refractivity contribution in [2.45, 2.75) is 0 Å². The van der Waals surface area contributed by atoms with Crippen LogP contribution in [-0.4, -0.2) is 18.3 Å². The van der Waals surface area contributed by atoms with Crippen molar-refractivity contribution in [1.29, 1.82) is 21.0 Å². The number of aromatic nitrogens is 4. The lowest BCUT2D eigenvalue weighted by Crippen LogP contribution is -2.01. The second-order valence-electron chi connectivity index (χ2n) is 34.0. The van der Waals surface area contributed by atoms with Gasteiger partial charge in [-0.15, -0.1) is 45.3 Å². The summed E-state index contributed by atoms with van der Waals surface area (Å²) in [4.78, 5) is 0. The van der Waals surface area contributed by atoms with Gasteiger partial charge in [-0.05, 0) is 168 Å². The molecule has 12 heteroatoms. The fourth-order valence-corrected chi connectivity index (χ4v) is 25.3. The number of para-hydroxylation sites is 9. The molecule has 0 bridgehead atoms. The molecule has 0 saturated heterocycles. The largest absolute Gasteiger partial charge is 0.309 e. The summed E-state index contributed by atoms with van der Waals surface area (Å²) >= 11 is 7.26. The molecule has 0 fully saturated rings. The van der Waals surface area contributed by atoms with Gasteiger partial charge in [-0.25, -0.2) is 0 Å². The topological polar surface area (TPSA) is 115 Å². The van der Waals surface area contributed by atoms with E-state index in [1.165, 1.54) is 129 Å². The number of fused-ring (bicyclic) bond motifs is 24. The van der Waals surface area contributed by atoms with Crippen LogP contribution in [0.4, 0.5) is 0 Å². The fourth-order valence-electron chi connectivity index (χ4n) is 20.7. The zero-order chi connectivity index (χ0) is 90.6. The summed E-state index contributed by atoms with van der Waals surface area (Å²) in [7, 11) is 0. The monoisotopic (exact) mass is 1800 g/mol. The minimum absolute atomic E-state index is 0.656. The quantitative estimate of drug-likeness (QED) is 0.151. The molecule has 8 nitrogen and oxygen atoms in total. The van der Waals surface area contributed by atoms with E-state index in [0.717, 1.165) is 106 Å². The van der Waals surface area contributed by atoms with E-state index < -0.39 is 0 Å². The molecule has 0 spiro atoms. The van der Waals surface area contributed by atoms with Crippen molar-refractivity contribution in [3.05, 3.63) is 459 Å². The molecule has 0 atom stereocenters. The molecule has 8 heterocycles. The number of benzene rings is 20. The predicted octanol–water partition coefficient (Wildman–Crippen LogP) is 34.8. The maximum absolute atomic E-state index is 10.2. The van der Waals surface area contributed by atoms with Crippen molar-refractivity contribution in [2.24, 2.45) is 0 Å². The Labute approximate surface area is 796 Å². The average molecular weight is 1800 g/mol. The molecule has 28 rings (SSSR count). The number of rotatable bonds is 8. The van der Waals surface area contributed by atoms with E-state index in [2.05, 4.69) is 431 Å². The van der Waals surface area contributed by atoms with Crippen LogP contribution >= 0.6 is 45.3 Å². The van der Waals surface area contributed by atoms with Gasteiger partial charge in [-0.1, -0.05) is 291 Å². The molecule has 0 N–H and O–H groups in total. The molecular formula is C124H72N8S4. The number of hydrogen-bond donors (Lipinski definition) is 0. The van der Waals surface area contributed by atoms with E-state index in [9.17, 15) is 21.0 Å². The summed E-state index contributed by atoms with van der Waals surface area (Å²) in [6.45, 7) is 0. The highest BCUT2D eigenvalue weighted by molar-refractivity contribution is 7.27. The highest BCUT2D eigenvalue weighted by atomic mass is 32.1. The summed E-state index contributed by atoms with van der Waals surface area (Å²) in [5.74, 6) is 0. The van der Waals surface area contributed by atoms with Gasteiger partial charge in [0.15, 0.2) is 0 Å². The summed E-state index contributed by atoms with van der Waals surface area (Å²) in [6.07, 6.45) is 0. The summed E-state index contributed by atoms with van der Waals surface area (Å²) in [6, 6.07) is 162. The molecule has 28 aromatic rings. The van der Waals surface area contributed by atoms with Crippen LogP contribution < -0.4 is 0 Å². The SMILES string of the molecule is N#Cc1ccc(-c2cccc3sc4ccccc4c23)c(-n2c3ccccc3c3ccccc32)c1.N#Cc1ccc(-n2c3ccccc3c3ccccc32)c(-c2ccc3c(c2)sc2ccccc23)c1.N#Cc1cccc(-c2cccc3sc4ccccc4c23)c1-n1c2ccccc2c2ccccc21.N#Cc1cccc(-n2c3ccccc3c3ccccc32)c1-c1ccc2c(c1)sc1ccccc12. The highest BCUT2D eigenvalue weighted by Crippen LogP contribution is 2.50. The van der Waals surface area contributed by atoms with Gasteiger partial charge in [-0.3, -0.25) is 0 Å². The van der Waals surface area contributed by atoms with Crippen molar-refractivity contribution in [3.63, 3.8) is 0 Å². The number of nitrogens with zero attached hydrogens (tertiary/aromatic N) is 8. The third-order valence-corrected chi connectivity index (χ3v) is 31.1. The minimum atomic E-state index is 0.656. The Morgan fingerprint density at radius 3 is 0.941 bits per heavy atom. The van der Waals surface area contributed by atoms with Crippen molar-refractivity contribution in [1.82, 2.24) is 18.3 Å². The van der Waals surface area contributed by atoms with Crippen LogP contribution in [0.15, 0.2) is 437 Å². The van der Waals surface area contributed by atoms with Gasteiger partial charge in [0, 0.05) is 146 Å². The van der Waals surface area contributed by atoms with E-state index in [0.29, 0.717) is 22.3 Å². The molecule has 0 aliphatic rings. The first-order valence-electron chi connectivity index (χ1n) is 45.1. The maximum atomic E-state index is 10.2. The molecule has 632 valence electrons. The van der Waals surface area contributed by atoms with Crippen molar-refractivity contribution < 1.29 is 0 Å². The third kappa shape index (κ3) is 13.2. The molecular weight excluding hydrogens is 1730 g/mol. The van der Waals surface area contributed by atoms with E-state index >= 15 is 0 Å². The molecule has 0 radical (unpaired) electrons. The molecule has 8 aromatic heterocycles. The Morgan fingerprint density at radius 2 is 0.493 bits per heavy atom. The normalized spacial score (nSPS) is 11.5. The van der Waals surface area contributed by atoms with Crippen LogP contribution in [0.5, 0.6) is 0 Å². The lowest BCUT2D eigenvalue weighted by atomic mass is 9.95. The second-order valence-corrected chi connectivity index (χ2v) is 38.3. The molecule has 0 amide bonds. The first-order chi connectivity index (χ1) is 67.3. The van der Waals surface area contributed by atoms with Crippen LogP contribution in [0.25, 0.3) is 235 Å². The smallest absolute Gasteiger partial charge is 0.101 e. The van der Waals surface area contributed by atoms with Gasteiger partial charge in [0.25, 0.3) is 0 Å². The van der Waals surface area contributed by atoms with E-state index in [4.69, 9.17) is 0 Å². The second kappa shape index (κ2) is 33.4. The Kier molecular flexibility index (Phi) is 19.8. The van der Waals surface area contributed by atoms with Crippen molar-refractivity contribution in [3.8, 4) is 91.5 Å². The van der Waals surface area contributed by atoms with Crippen molar-refractivity contribution >= 4 is 213 Å². The number of thiophene rings is 4. The number of hydrogen-bond acceptors (Lipinski definition) is 8. The van der Waals surface area contributed by atoms with E-state index in [1.54, 1.807) is 11.3 Å². The van der Waals surface area contributed by atoms with Crippen LogP contribution in [0, 0.1) is 45.3 Å². The first kappa shape index (κ1) is 80.5. The Bertz CT molecular complexity index is 9790. The van der Waals surface area contributed by atoms with Crippen LogP contribution in [0.1, 0.15) is 22.3 Å². The van der Waals surface area contributed by atoms with Gasteiger partial charge in [-0.2, -0.15) is 21.0 Å². The number of nitriles is 4. The molecule has 20 aromatic carbocycles. The van der Waals surface area contributed by atoms with Gasteiger partial charge in [0.1, 0.15) is 6.07 Å². The standard InChI is InChI=1S/4C31H18N2S/c32-19-20-9-7-14-24(23-13-8-18-29-30(23)25-12-3-6-17-28(25)34-29)31(20)33-26-15-4-1-10-21(26)22-11-2-5-16-27(22)33;32-19-21-8-7-14-28(33-26-12-4-1-9-22(26)23-10-2-5-13-27(23)33)31(21)20-16-17-25-24-11-3-6-15-29(24)34-30(25)18-20;32-19-20-16-17-23(24-11-7-15-30-31(24)25-10-3-6-14-29(25)34-30)28(18-20)33-26-12-4-1-8-21(26)22-9-2-5-13-27(22)33;32-19-20-13-16-29(33-27-10-4-1-7-22(27)23-8-2-5-11-28(23)33)26(17-20)21-14-15-25-24-9-3-6-12-30(24)34-31(25)18-21/h4*1-18H. The maximum Gasteiger partial charge on any atom is 0.101 e. The minimum Gasteiger partial charge on any atom is -0.309 e. The molecule has 0 aliphatic heterocycles. The van der Waals surface area contributed by atoms with Gasteiger partial charge < -0.3 is 18.3 Å². The Morgan fingerprint density at radius 1 is 0.176 bits per heavy atom. The lowest BCUT2D eigenvalue weighted by Gasteiger charge is -2.16. The van der Waals surface area contributed by atoms with Gasteiger partial charge in [0.2, 0.25) is 0 Å². The van der Waals surface area contributed by atoms with E-state index in [1.807, 2.05) is 82.5 Å². The Hall–Kier alpha value is -17.6. The zero-order valence-electron chi connectivity index (χ0n) is 72.8. The summed E-state index contributed by atoms with van der Waals surface area (Å²) in [5, 5.41) is 59.6. The fraction of sp³-hybridized carbons (Fsp3) is 0. The molecule has 136 heavy (non-hydrogen) atoms. The lowest BCUT2D eigenvalue weighted by molar-refractivity contribution is 1.17. The van der Waals surface area contributed by atoms with Crippen LogP contribution in [-0.2, 0) is 0 Å². The average Bonchev–Trinajstić information content (AvgIpc) is 1.55. The third-order valence-electron chi connectivity index (χ3n) is 26.6. The molecule has 0 saturated carbocycles. The summed E-state index contributed by atoms with van der Waals surface area (Å²) in [5.41, 5.74) is 24.6. The first-order valence-corrected chi connectivity index (χ1v) is 48.3.